The predicted molar refractivity (Wildman–Crippen MR) is 158 cm³/mol. The van der Waals surface area contributed by atoms with Crippen LogP contribution in [0.5, 0.6) is 0 Å². The molecule has 0 amide bonds. The van der Waals surface area contributed by atoms with E-state index in [0.717, 1.165) is 0 Å². The van der Waals surface area contributed by atoms with Gasteiger partial charge in [-0.1, -0.05) is 11.8 Å². The van der Waals surface area contributed by atoms with Gasteiger partial charge in [-0.05, 0) is 90.9 Å². The zero-order valence-electron chi connectivity index (χ0n) is 25.1. The van der Waals surface area contributed by atoms with Gasteiger partial charge in [0, 0.05) is 62.9 Å². The molecule has 0 aromatic heterocycles. The third-order valence-corrected chi connectivity index (χ3v) is 13.5. The van der Waals surface area contributed by atoms with Crippen LogP contribution in [0.2, 0.25) is 12.1 Å². The minimum atomic E-state index is -2.89. The third-order valence-electron chi connectivity index (χ3n) is 5.68. The summed E-state index contributed by atoms with van der Waals surface area (Å²) in [7, 11) is -5.78. The molecule has 0 atom stereocenters. The highest BCUT2D eigenvalue weighted by Crippen LogP contribution is 2.38. The molecule has 39 heavy (non-hydrogen) atoms. The minimum Gasteiger partial charge on any atom is -0.478 e. The number of rotatable bonds is 24. The predicted octanol–water partition coefficient (Wildman–Crippen LogP) is 6.09. The maximum Gasteiger partial charge on any atom is 0.500 e. The summed E-state index contributed by atoms with van der Waals surface area (Å²) in [5.74, 6) is -2.08. The van der Waals surface area contributed by atoms with Crippen molar-refractivity contribution in [1.82, 2.24) is 0 Å². The van der Waals surface area contributed by atoms with Crippen molar-refractivity contribution in [2.45, 2.75) is 93.2 Å². The lowest BCUT2D eigenvalue weighted by Gasteiger charge is -2.29. The van der Waals surface area contributed by atoms with Crippen LogP contribution >= 0.6 is 11.8 Å². The average Bonchev–Trinajstić information content (AvgIpc) is 2.87. The molecule has 10 nitrogen and oxygen atoms in total. The van der Waals surface area contributed by atoms with E-state index in [2.05, 4.69) is 0 Å². The first kappa shape index (κ1) is 38.0. The Hall–Kier alpha value is -1.04. The highest BCUT2D eigenvalue weighted by molar-refractivity contribution is 8.06. The van der Waals surface area contributed by atoms with E-state index >= 15 is 0 Å². The van der Waals surface area contributed by atoms with Crippen molar-refractivity contribution < 1.29 is 46.4 Å². The van der Waals surface area contributed by atoms with Gasteiger partial charge in [-0.2, -0.15) is 0 Å². The smallest absolute Gasteiger partial charge is 0.478 e. The standard InChI is InChI=1S/C26H50O10SSi2/c1-9-31-38(32-10-2,33-11-3)19-15-17-23(21(7)25(27)28)37-24(22(8)26(29)30)18-16-20-39(34-12-4,35-13-5)36-14-6/h9-20H2,1-8H3,(H,27,28)(H,29,30). The van der Waals surface area contributed by atoms with Gasteiger partial charge in [0.15, 0.2) is 0 Å². The molecule has 0 aromatic rings. The van der Waals surface area contributed by atoms with E-state index in [9.17, 15) is 19.8 Å². The molecule has 0 saturated heterocycles. The zero-order chi connectivity index (χ0) is 29.9. The maximum absolute atomic E-state index is 11.9. The molecule has 0 bridgehead atoms. The number of hydrogen-bond acceptors (Lipinski definition) is 9. The zero-order valence-corrected chi connectivity index (χ0v) is 27.9. The quantitative estimate of drug-likeness (QED) is 0.0972. The number of carbonyl (C=O) groups is 2. The van der Waals surface area contributed by atoms with Crippen molar-refractivity contribution in [3.05, 3.63) is 21.0 Å². The first-order valence-electron chi connectivity index (χ1n) is 13.9. The molecule has 2 N–H and O–H groups in total. The number of thioether (sulfide) groups is 1. The summed E-state index contributed by atoms with van der Waals surface area (Å²) < 4.78 is 35.6. The van der Waals surface area contributed by atoms with Crippen LogP contribution in [0.4, 0.5) is 0 Å². The van der Waals surface area contributed by atoms with Crippen LogP contribution in [0.3, 0.4) is 0 Å². The van der Waals surface area contributed by atoms with Gasteiger partial charge < -0.3 is 36.8 Å². The van der Waals surface area contributed by atoms with Gasteiger partial charge in [0.2, 0.25) is 0 Å². The SMILES string of the molecule is CCO[Si](CCCC(SC(CCC[Si](OCC)(OCC)OCC)=C(C)C(=O)O)=C(C)C(=O)O)(OCC)OCC. The largest absolute Gasteiger partial charge is 0.500 e. The molecule has 0 rings (SSSR count). The van der Waals surface area contributed by atoms with Crippen molar-refractivity contribution in [3.63, 3.8) is 0 Å². The number of allylic oxidation sites excluding steroid dienone is 2. The summed E-state index contributed by atoms with van der Waals surface area (Å²) >= 11 is 1.23. The van der Waals surface area contributed by atoms with E-state index in [4.69, 9.17) is 26.6 Å². The molecule has 0 spiro atoms. The van der Waals surface area contributed by atoms with Crippen molar-refractivity contribution in [2.24, 2.45) is 0 Å². The molecule has 0 aliphatic heterocycles. The highest BCUT2D eigenvalue weighted by atomic mass is 32.2. The molecule has 0 aliphatic carbocycles. The van der Waals surface area contributed by atoms with E-state index in [0.29, 0.717) is 87.2 Å². The van der Waals surface area contributed by atoms with Crippen molar-refractivity contribution in [3.8, 4) is 0 Å². The summed E-state index contributed by atoms with van der Waals surface area (Å²) in [5, 5.41) is 19.5. The minimum absolute atomic E-state index is 0.189. The van der Waals surface area contributed by atoms with E-state index in [1.54, 1.807) is 13.8 Å². The molecule has 0 radical (unpaired) electrons. The van der Waals surface area contributed by atoms with E-state index in [1.807, 2.05) is 41.5 Å². The van der Waals surface area contributed by atoms with Crippen molar-refractivity contribution in [1.29, 1.82) is 0 Å². The summed E-state index contributed by atoms with van der Waals surface area (Å²) in [6.07, 6.45) is 2.01. The van der Waals surface area contributed by atoms with Gasteiger partial charge in [-0.15, -0.1) is 0 Å². The Balaban J connectivity index is 5.91. The normalized spacial score (nSPS) is 13.7. The van der Waals surface area contributed by atoms with Gasteiger partial charge in [-0.25, -0.2) is 9.59 Å². The van der Waals surface area contributed by atoms with E-state index in [1.165, 1.54) is 11.8 Å². The first-order valence-corrected chi connectivity index (χ1v) is 18.6. The molecule has 0 fully saturated rings. The van der Waals surface area contributed by atoms with Crippen LogP contribution < -0.4 is 0 Å². The van der Waals surface area contributed by atoms with E-state index < -0.39 is 29.5 Å². The molecule has 0 unspecified atom stereocenters. The van der Waals surface area contributed by atoms with Gasteiger partial charge in [0.1, 0.15) is 0 Å². The molecule has 0 saturated carbocycles. The van der Waals surface area contributed by atoms with Gasteiger partial charge in [0.05, 0.1) is 0 Å². The van der Waals surface area contributed by atoms with Gasteiger partial charge >= 0.3 is 29.5 Å². The fourth-order valence-corrected chi connectivity index (χ4v) is 10.4. The summed E-state index contributed by atoms with van der Waals surface area (Å²) in [5.41, 5.74) is 0.378. The topological polar surface area (TPSA) is 130 Å². The third kappa shape index (κ3) is 13.9. The lowest BCUT2D eigenvalue weighted by atomic mass is 10.2. The molecule has 0 heterocycles. The second kappa shape index (κ2) is 20.8. The Morgan fingerprint density at radius 2 is 0.821 bits per heavy atom. The van der Waals surface area contributed by atoms with Gasteiger partial charge in [-0.3, -0.25) is 0 Å². The second-order valence-electron chi connectivity index (χ2n) is 8.48. The van der Waals surface area contributed by atoms with Gasteiger partial charge in [0.25, 0.3) is 0 Å². The van der Waals surface area contributed by atoms with Crippen LogP contribution in [0, 0.1) is 0 Å². The van der Waals surface area contributed by atoms with Crippen LogP contribution in [0.15, 0.2) is 21.0 Å². The molecule has 0 aliphatic rings. The lowest BCUT2D eigenvalue weighted by Crippen LogP contribution is -2.45. The summed E-state index contributed by atoms with van der Waals surface area (Å²) in [4.78, 5) is 25.1. The second-order valence-corrected chi connectivity index (χ2v) is 15.1. The fraction of sp³-hybridized carbons (Fsp3) is 0.769. The Labute approximate surface area is 241 Å². The molecule has 0 aromatic carbocycles. The Morgan fingerprint density at radius 1 is 0.564 bits per heavy atom. The van der Waals surface area contributed by atoms with Crippen LogP contribution in [-0.4, -0.2) is 79.4 Å². The summed E-state index contributed by atoms with van der Waals surface area (Å²) in [6, 6.07) is 1.06. The van der Waals surface area contributed by atoms with Crippen molar-refractivity contribution >= 4 is 41.3 Å². The van der Waals surface area contributed by atoms with E-state index in [-0.39, 0.29) is 11.1 Å². The van der Waals surface area contributed by atoms with Crippen LogP contribution in [0.25, 0.3) is 0 Å². The Kier molecular flexibility index (Phi) is 20.2. The van der Waals surface area contributed by atoms with Crippen LogP contribution in [0.1, 0.15) is 81.1 Å². The summed E-state index contributed by atoms with van der Waals surface area (Å²) in [6.45, 7) is 17.2. The fourth-order valence-electron chi connectivity index (χ4n) is 3.95. The number of aliphatic carboxylic acids is 2. The lowest BCUT2D eigenvalue weighted by molar-refractivity contribution is -0.133. The number of hydrogen-bond donors (Lipinski definition) is 2. The average molecular weight is 611 g/mol. The molecular weight excluding hydrogens is 561 g/mol. The Morgan fingerprint density at radius 3 is 1.03 bits per heavy atom. The molecule has 13 heteroatoms. The maximum atomic E-state index is 11.9. The first-order chi connectivity index (χ1) is 18.5. The van der Waals surface area contributed by atoms with Crippen molar-refractivity contribution in [2.75, 3.05) is 39.6 Å². The molecule has 228 valence electrons. The number of carboxylic acids is 2. The number of carboxylic acid groups (broad SMARTS) is 2. The van der Waals surface area contributed by atoms with Crippen LogP contribution in [-0.2, 0) is 36.1 Å². The molecular formula is C26H50O10SSi2. The monoisotopic (exact) mass is 610 g/mol. The highest BCUT2D eigenvalue weighted by Gasteiger charge is 2.41. The Bertz CT molecular complexity index is 706.